The minimum atomic E-state index is -0.731. The van der Waals surface area contributed by atoms with Gasteiger partial charge in [0.2, 0.25) is 5.91 Å². The van der Waals surface area contributed by atoms with Crippen LogP contribution in [0.2, 0.25) is 0 Å². The molecule has 38 heavy (non-hydrogen) atoms. The van der Waals surface area contributed by atoms with Crippen LogP contribution in [-0.2, 0) is 25.3 Å². The van der Waals surface area contributed by atoms with Crippen molar-refractivity contribution in [2.24, 2.45) is 5.92 Å². The topological polar surface area (TPSA) is 92.3 Å². The molecule has 3 aliphatic heterocycles. The van der Waals surface area contributed by atoms with Gasteiger partial charge in [-0.15, -0.1) is 0 Å². The third-order valence-corrected chi connectivity index (χ3v) is 8.31. The molecule has 3 fully saturated rings. The third kappa shape index (κ3) is 4.18. The van der Waals surface area contributed by atoms with Gasteiger partial charge in [-0.1, -0.05) is 38.1 Å². The summed E-state index contributed by atoms with van der Waals surface area (Å²) in [6.45, 7) is 7.98. The highest BCUT2D eigenvalue weighted by molar-refractivity contribution is 5.96. The number of fused-ring (bicyclic) bond motifs is 2. The Labute approximate surface area is 222 Å². The fraction of sp³-hybridized carbons (Fsp3) is 0.517. The van der Waals surface area contributed by atoms with Gasteiger partial charge in [0, 0.05) is 50.9 Å². The summed E-state index contributed by atoms with van der Waals surface area (Å²) in [5, 5.41) is 0. The lowest BCUT2D eigenvalue weighted by Crippen LogP contribution is -2.49. The molecule has 2 aromatic rings. The van der Waals surface area contributed by atoms with E-state index >= 15 is 0 Å². The van der Waals surface area contributed by atoms with Gasteiger partial charge in [-0.05, 0) is 36.5 Å². The summed E-state index contributed by atoms with van der Waals surface area (Å²) in [4.78, 5) is 48.9. The molecule has 1 spiro atoms. The van der Waals surface area contributed by atoms with Crippen LogP contribution in [-0.4, -0.2) is 78.6 Å². The number of hydrogen-bond donors (Lipinski definition) is 0. The minimum Gasteiger partial charge on any atom is -0.449 e. The lowest BCUT2D eigenvalue weighted by molar-refractivity contribution is -0.134. The van der Waals surface area contributed by atoms with Gasteiger partial charge >= 0.3 is 12.1 Å². The van der Waals surface area contributed by atoms with Crippen LogP contribution >= 0.6 is 0 Å². The zero-order valence-corrected chi connectivity index (χ0v) is 22.0. The van der Waals surface area contributed by atoms with Crippen LogP contribution in [0, 0.1) is 5.92 Å². The zero-order chi connectivity index (χ0) is 26.5. The highest BCUT2D eigenvalue weighted by Gasteiger charge is 2.57. The molecule has 0 bridgehead atoms. The van der Waals surface area contributed by atoms with Crippen LogP contribution in [0.15, 0.2) is 42.6 Å². The molecule has 4 heterocycles. The Bertz CT molecular complexity index is 1250. The monoisotopic (exact) mass is 518 g/mol. The molecule has 9 nitrogen and oxygen atoms in total. The molecule has 4 aliphatic rings. The maximum absolute atomic E-state index is 13.7. The van der Waals surface area contributed by atoms with Crippen LogP contribution in [0.5, 0.6) is 0 Å². The molecule has 6 rings (SSSR count). The number of piperazine rings is 1. The first-order valence-corrected chi connectivity index (χ1v) is 13.6. The minimum absolute atomic E-state index is 0.0953. The number of carbonyl (C=O) groups is 3. The lowest BCUT2D eigenvalue weighted by Gasteiger charge is -2.35. The fourth-order valence-electron chi connectivity index (χ4n) is 5.96. The Morgan fingerprint density at radius 3 is 2.45 bits per heavy atom. The summed E-state index contributed by atoms with van der Waals surface area (Å²) < 4.78 is 11.2. The Morgan fingerprint density at radius 2 is 1.76 bits per heavy atom. The molecule has 200 valence electrons. The Hall–Kier alpha value is -3.62. The Balaban J connectivity index is 1.09. The van der Waals surface area contributed by atoms with Gasteiger partial charge in [0.15, 0.2) is 5.60 Å². The summed E-state index contributed by atoms with van der Waals surface area (Å²) >= 11 is 0. The van der Waals surface area contributed by atoms with Crippen LogP contribution < -0.4 is 4.90 Å². The van der Waals surface area contributed by atoms with Crippen molar-refractivity contribution in [2.45, 2.75) is 44.1 Å². The number of anilines is 1. The fourth-order valence-corrected chi connectivity index (χ4v) is 5.96. The van der Waals surface area contributed by atoms with E-state index in [9.17, 15) is 14.4 Å². The largest absolute Gasteiger partial charge is 0.449 e. The van der Waals surface area contributed by atoms with E-state index in [1.807, 2.05) is 55.3 Å². The first-order valence-electron chi connectivity index (χ1n) is 13.6. The molecule has 1 unspecified atom stereocenters. The summed E-state index contributed by atoms with van der Waals surface area (Å²) in [6.07, 6.45) is 3.79. The van der Waals surface area contributed by atoms with Crippen LogP contribution in [0.25, 0.3) is 0 Å². The molecule has 1 aliphatic carbocycles. The SMILES string of the molecule is CC(C)COC(=O)N1CCN(c2ccc(C3(C(=O)N4CCC5(C4)OC(=O)c4ccccc45)CC3)cn2)CC1. The van der Waals surface area contributed by atoms with E-state index in [4.69, 9.17) is 14.5 Å². The molecule has 0 N–H and O–H groups in total. The van der Waals surface area contributed by atoms with E-state index in [2.05, 4.69) is 4.90 Å². The van der Waals surface area contributed by atoms with Crippen molar-refractivity contribution < 1.29 is 23.9 Å². The van der Waals surface area contributed by atoms with Crippen LogP contribution in [0.3, 0.4) is 0 Å². The average Bonchev–Trinajstić information content (AvgIpc) is 3.57. The number of esters is 1. The predicted octanol–water partition coefficient (Wildman–Crippen LogP) is 3.33. The Morgan fingerprint density at radius 1 is 1.00 bits per heavy atom. The molecule has 2 saturated heterocycles. The molecule has 1 aromatic carbocycles. The van der Waals surface area contributed by atoms with E-state index in [0.29, 0.717) is 63.8 Å². The van der Waals surface area contributed by atoms with Crippen molar-refractivity contribution in [1.82, 2.24) is 14.8 Å². The van der Waals surface area contributed by atoms with E-state index < -0.39 is 11.0 Å². The summed E-state index contributed by atoms with van der Waals surface area (Å²) in [5.41, 5.74) is 1.16. The van der Waals surface area contributed by atoms with Gasteiger partial charge in [-0.2, -0.15) is 0 Å². The number of hydrogen-bond acceptors (Lipinski definition) is 7. The van der Waals surface area contributed by atoms with Crippen molar-refractivity contribution in [3.8, 4) is 0 Å². The smallest absolute Gasteiger partial charge is 0.409 e. The van der Waals surface area contributed by atoms with Crippen molar-refractivity contribution in [3.05, 3.63) is 59.3 Å². The van der Waals surface area contributed by atoms with Crippen LogP contribution in [0.4, 0.5) is 10.6 Å². The molecule has 1 aromatic heterocycles. The van der Waals surface area contributed by atoms with E-state index in [1.54, 1.807) is 11.0 Å². The normalized spacial score (nSPS) is 23.6. The first kappa shape index (κ1) is 24.7. The predicted molar refractivity (Wildman–Crippen MR) is 140 cm³/mol. The summed E-state index contributed by atoms with van der Waals surface area (Å²) in [6, 6.07) is 11.5. The van der Waals surface area contributed by atoms with Gasteiger partial charge < -0.3 is 24.2 Å². The maximum atomic E-state index is 13.7. The standard InChI is InChI=1S/C29H34N4O5/c1-20(2)18-37-27(36)32-15-13-31(14-16-32)24-8-7-21(17-30-24)28(9-10-28)26(35)33-12-11-29(19-33)23-6-4-3-5-22(23)25(34)38-29/h3-8,17,20H,9-16,18-19H2,1-2H3. The highest BCUT2D eigenvalue weighted by atomic mass is 16.6. The second-order valence-electron chi connectivity index (χ2n) is 11.3. The number of aromatic nitrogens is 1. The number of rotatable bonds is 5. The average molecular weight is 519 g/mol. The number of carbonyl (C=O) groups excluding carboxylic acids is 3. The van der Waals surface area contributed by atoms with E-state index in [1.165, 1.54) is 0 Å². The molecule has 1 saturated carbocycles. The number of likely N-dealkylation sites (tertiary alicyclic amines) is 1. The van der Waals surface area contributed by atoms with Crippen LogP contribution in [0.1, 0.15) is 54.6 Å². The van der Waals surface area contributed by atoms with Crippen molar-refractivity contribution in [2.75, 3.05) is 50.8 Å². The second-order valence-corrected chi connectivity index (χ2v) is 11.3. The number of benzene rings is 1. The number of pyridine rings is 1. The third-order valence-electron chi connectivity index (χ3n) is 8.31. The summed E-state index contributed by atoms with van der Waals surface area (Å²) in [5.74, 6) is 0.955. The molecular weight excluding hydrogens is 484 g/mol. The molecular formula is C29H34N4O5. The molecule has 2 amide bonds. The van der Waals surface area contributed by atoms with Crippen molar-refractivity contribution in [3.63, 3.8) is 0 Å². The van der Waals surface area contributed by atoms with Crippen molar-refractivity contribution >= 4 is 23.8 Å². The van der Waals surface area contributed by atoms with E-state index in [-0.39, 0.29) is 18.0 Å². The number of amides is 2. The zero-order valence-electron chi connectivity index (χ0n) is 22.0. The van der Waals surface area contributed by atoms with Gasteiger partial charge in [-0.3, -0.25) is 4.79 Å². The highest BCUT2D eigenvalue weighted by Crippen LogP contribution is 2.52. The quantitative estimate of drug-likeness (QED) is 0.561. The lowest BCUT2D eigenvalue weighted by atomic mass is 9.91. The summed E-state index contributed by atoms with van der Waals surface area (Å²) in [7, 11) is 0. The van der Waals surface area contributed by atoms with E-state index in [0.717, 1.165) is 29.8 Å². The number of ether oxygens (including phenoxy) is 2. The van der Waals surface area contributed by atoms with Gasteiger partial charge in [0.1, 0.15) is 5.82 Å². The van der Waals surface area contributed by atoms with Gasteiger partial charge in [-0.25, -0.2) is 14.6 Å². The molecule has 9 heteroatoms. The van der Waals surface area contributed by atoms with Gasteiger partial charge in [0.25, 0.3) is 0 Å². The second kappa shape index (κ2) is 9.29. The number of nitrogens with zero attached hydrogens (tertiary/aromatic N) is 4. The maximum Gasteiger partial charge on any atom is 0.409 e. The first-order chi connectivity index (χ1) is 18.3. The Kier molecular flexibility index (Phi) is 6.04. The molecule has 1 atom stereocenters. The van der Waals surface area contributed by atoms with Gasteiger partial charge in [0.05, 0.1) is 24.1 Å². The van der Waals surface area contributed by atoms with Crippen molar-refractivity contribution in [1.29, 1.82) is 0 Å². The molecule has 0 radical (unpaired) electrons.